The summed E-state index contributed by atoms with van der Waals surface area (Å²) in [6.07, 6.45) is -15.7. The van der Waals surface area contributed by atoms with Gasteiger partial charge in [0.25, 0.3) is 5.78 Å². The van der Waals surface area contributed by atoms with Gasteiger partial charge >= 0.3 is 18.5 Å². The van der Waals surface area contributed by atoms with E-state index in [2.05, 4.69) is 9.97 Å². The topological polar surface area (TPSA) is 42.9 Å². The van der Waals surface area contributed by atoms with Gasteiger partial charge in [-0.15, -0.1) is 0 Å². The molecule has 0 amide bonds. The molecule has 0 bridgehead atoms. The molecule has 6 aromatic rings. The van der Waals surface area contributed by atoms with E-state index in [0.717, 1.165) is 24.3 Å². The maximum absolute atomic E-state index is 14.4. The number of carbonyl (C=O) groups excluding carboxylic acids is 1. The number of para-hydroxylation sites is 1. The lowest BCUT2D eigenvalue weighted by atomic mass is 9.90. The molecule has 0 atom stereocenters. The summed E-state index contributed by atoms with van der Waals surface area (Å²) in [5.74, 6) is -2.54. The van der Waals surface area contributed by atoms with Crippen molar-refractivity contribution in [1.29, 1.82) is 0 Å². The van der Waals surface area contributed by atoms with Gasteiger partial charge in [0.2, 0.25) is 0 Å². The summed E-state index contributed by atoms with van der Waals surface area (Å²) in [5.41, 5.74) is -5.17. The predicted molar refractivity (Wildman–Crippen MR) is 138 cm³/mol. The highest BCUT2D eigenvalue weighted by molar-refractivity contribution is 6.26. The van der Waals surface area contributed by atoms with Crippen LogP contribution in [0.1, 0.15) is 21.5 Å². The molecule has 0 unspecified atom stereocenters. The van der Waals surface area contributed by atoms with Crippen LogP contribution in [0.4, 0.5) is 39.5 Å². The Morgan fingerprint density at radius 2 is 1.24 bits per heavy atom. The van der Waals surface area contributed by atoms with Crippen LogP contribution < -0.4 is 0 Å². The molecule has 6 rings (SSSR count). The van der Waals surface area contributed by atoms with Crippen LogP contribution in [0.2, 0.25) is 0 Å². The first-order chi connectivity index (χ1) is 19.7. The maximum Gasteiger partial charge on any atom is 0.454 e. The third-order valence-electron chi connectivity index (χ3n) is 6.89. The fraction of sp³-hybridized carbons (Fsp3) is 0.100. The molecule has 2 aromatic heterocycles. The van der Waals surface area contributed by atoms with Crippen LogP contribution >= 0.6 is 0 Å². The monoisotopic (exact) mass is 588 g/mol. The van der Waals surface area contributed by atoms with Gasteiger partial charge in [-0.25, -0.2) is 9.97 Å². The van der Waals surface area contributed by atoms with E-state index >= 15 is 0 Å². The maximum atomic E-state index is 14.4. The van der Waals surface area contributed by atoms with E-state index in [0.29, 0.717) is 6.07 Å². The first-order valence-corrected chi connectivity index (χ1v) is 12.1. The molecule has 0 radical (unpaired) electrons. The van der Waals surface area contributed by atoms with Crippen molar-refractivity contribution in [2.45, 2.75) is 18.5 Å². The summed E-state index contributed by atoms with van der Waals surface area (Å²) in [7, 11) is 0. The number of ketones is 1. The molecular weight excluding hydrogens is 575 g/mol. The van der Waals surface area contributed by atoms with E-state index in [1.807, 2.05) is 0 Å². The molecule has 0 aliphatic carbocycles. The standard InChI is InChI=1S/C30H13F9N2O/c31-28(32,33)20-13-22(14-6-2-1-3-7-14)41-26-15(20)10-11-17-23(26)18(27(42)30(37,38)39)12-19-24(29(34,35)36)16-8-4-5-9-21(16)40-25(17)19/h1-13H. The molecule has 3 nitrogen and oxygen atoms in total. The van der Waals surface area contributed by atoms with Gasteiger partial charge in [0.15, 0.2) is 0 Å². The highest BCUT2D eigenvalue weighted by Crippen LogP contribution is 2.45. The molecule has 0 aliphatic heterocycles. The molecule has 0 saturated carbocycles. The Labute approximate surface area is 229 Å². The summed E-state index contributed by atoms with van der Waals surface area (Å²) >= 11 is 0. The van der Waals surface area contributed by atoms with Crippen molar-refractivity contribution in [3.8, 4) is 11.3 Å². The van der Waals surface area contributed by atoms with Gasteiger partial charge in [0.05, 0.1) is 33.4 Å². The Morgan fingerprint density at radius 1 is 0.595 bits per heavy atom. The SMILES string of the molecule is O=C(c1cc2c(C(F)(F)F)c3ccccc3nc2c2ccc3c(C(F)(F)F)cc(-c4ccccc4)nc3c12)C(F)(F)F. The number of aromatic nitrogens is 2. The van der Waals surface area contributed by atoms with Crippen molar-refractivity contribution >= 4 is 49.3 Å². The fourth-order valence-corrected chi connectivity index (χ4v) is 5.18. The summed E-state index contributed by atoms with van der Waals surface area (Å²) in [6.45, 7) is 0. The number of rotatable bonds is 2. The number of benzene rings is 4. The van der Waals surface area contributed by atoms with Crippen LogP contribution in [0.5, 0.6) is 0 Å². The van der Waals surface area contributed by atoms with Gasteiger partial charge in [-0.3, -0.25) is 4.79 Å². The van der Waals surface area contributed by atoms with Crippen molar-refractivity contribution < 1.29 is 44.3 Å². The lowest BCUT2D eigenvalue weighted by Gasteiger charge is -2.19. The second-order valence-corrected chi connectivity index (χ2v) is 9.45. The molecule has 42 heavy (non-hydrogen) atoms. The van der Waals surface area contributed by atoms with Crippen LogP contribution in [-0.4, -0.2) is 21.9 Å². The quantitative estimate of drug-likeness (QED) is 0.0876. The van der Waals surface area contributed by atoms with Gasteiger partial charge in [0.1, 0.15) is 0 Å². The number of halogens is 9. The van der Waals surface area contributed by atoms with Crippen molar-refractivity contribution in [2.75, 3.05) is 0 Å². The van der Waals surface area contributed by atoms with Crippen molar-refractivity contribution in [2.24, 2.45) is 0 Å². The van der Waals surface area contributed by atoms with Gasteiger partial charge in [0, 0.05) is 38.1 Å². The number of hydrogen-bond donors (Lipinski definition) is 0. The molecule has 0 spiro atoms. The van der Waals surface area contributed by atoms with Crippen molar-refractivity contribution in [1.82, 2.24) is 9.97 Å². The smallest absolute Gasteiger partial charge is 0.284 e. The summed E-state index contributed by atoms with van der Waals surface area (Å²) in [4.78, 5) is 21.3. The lowest BCUT2D eigenvalue weighted by molar-refractivity contribution is -0.136. The minimum absolute atomic E-state index is 0.157. The molecule has 0 N–H and O–H groups in total. The molecule has 0 saturated heterocycles. The Bertz CT molecular complexity index is 2060. The van der Waals surface area contributed by atoms with E-state index in [1.165, 1.54) is 42.5 Å². The van der Waals surface area contributed by atoms with E-state index in [4.69, 9.17) is 0 Å². The zero-order valence-corrected chi connectivity index (χ0v) is 20.7. The zero-order valence-electron chi connectivity index (χ0n) is 20.7. The number of carbonyl (C=O) groups is 1. The molecule has 212 valence electrons. The largest absolute Gasteiger partial charge is 0.454 e. The predicted octanol–water partition coefficient (Wildman–Crippen LogP) is 9.54. The lowest BCUT2D eigenvalue weighted by Crippen LogP contribution is -2.23. The number of pyridine rings is 2. The molecule has 12 heteroatoms. The third kappa shape index (κ3) is 4.38. The zero-order chi connectivity index (χ0) is 30.2. The first kappa shape index (κ1) is 27.4. The number of fused-ring (bicyclic) bond motifs is 6. The van der Waals surface area contributed by atoms with Crippen molar-refractivity contribution in [3.05, 3.63) is 95.6 Å². The highest BCUT2D eigenvalue weighted by Gasteiger charge is 2.43. The van der Waals surface area contributed by atoms with Gasteiger partial charge in [-0.05, 0) is 18.2 Å². The Kier molecular flexibility index (Phi) is 5.96. The molecule has 0 aliphatic rings. The van der Waals surface area contributed by atoms with Gasteiger partial charge < -0.3 is 0 Å². The number of alkyl halides is 9. The number of hydrogen-bond acceptors (Lipinski definition) is 3. The average molecular weight is 588 g/mol. The van der Waals surface area contributed by atoms with Gasteiger partial charge in [-0.2, -0.15) is 39.5 Å². The van der Waals surface area contributed by atoms with E-state index in [9.17, 15) is 44.3 Å². The van der Waals surface area contributed by atoms with E-state index in [-0.39, 0.29) is 16.8 Å². The van der Waals surface area contributed by atoms with Crippen LogP contribution in [0.15, 0.2) is 78.9 Å². The highest BCUT2D eigenvalue weighted by atomic mass is 19.4. The van der Waals surface area contributed by atoms with E-state index < -0.39 is 79.0 Å². The third-order valence-corrected chi connectivity index (χ3v) is 6.89. The molecule has 0 fully saturated rings. The van der Waals surface area contributed by atoms with Gasteiger partial charge in [-0.1, -0.05) is 60.7 Å². The second-order valence-electron chi connectivity index (χ2n) is 9.45. The van der Waals surface area contributed by atoms with Crippen molar-refractivity contribution in [3.63, 3.8) is 0 Å². The minimum atomic E-state index is -5.57. The number of Topliss-reactive ketones (excluding diaryl/α,β-unsaturated/α-hetero) is 1. The summed E-state index contributed by atoms with van der Waals surface area (Å²) in [6, 6.07) is 15.5. The normalized spacial score (nSPS) is 13.0. The second kappa shape index (κ2) is 9.13. The van der Waals surface area contributed by atoms with Crippen LogP contribution in [0.3, 0.4) is 0 Å². The Morgan fingerprint density at radius 3 is 1.88 bits per heavy atom. The minimum Gasteiger partial charge on any atom is -0.284 e. The van der Waals surface area contributed by atoms with E-state index in [1.54, 1.807) is 6.07 Å². The van der Waals surface area contributed by atoms with Crippen LogP contribution in [0, 0.1) is 0 Å². The Balaban J connectivity index is 1.90. The average Bonchev–Trinajstić information content (AvgIpc) is 2.93. The summed E-state index contributed by atoms with van der Waals surface area (Å²) < 4.78 is 128. The molecule has 2 heterocycles. The first-order valence-electron chi connectivity index (χ1n) is 12.1. The molecular formula is C30H13F9N2O. The number of nitrogens with zero attached hydrogens (tertiary/aromatic N) is 2. The summed E-state index contributed by atoms with van der Waals surface area (Å²) in [5, 5.41) is -2.96. The van der Waals surface area contributed by atoms with Crippen LogP contribution in [-0.2, 0) is 12.4 Å². The molecule has 4 aromatic carbocycles. The van der Waals surface area contributed by atoms with Crippen LogP contribution in [0.25, 0.3) is 54.7 Å². The fourth-order valence-electron chi connectivity index (χ4n) is 5.18. The Hall–Kier alpha value is -4.74.